The van der Waals surface area contributed by atoms with Gasteiger partial charge >= 0.3 is 277 Å². The van der Waals surface area contributed by atoms with E-state index in [4.69, 9.17) is 26.2 Å². The minimum atomic E-state index is -0.969. The molecule has 0 fully saturated rings. The van der Waals surface area contributed by atoms with E-state index in [0.717, 1.165) is 62.1 Å². The Hall–Kier alpha value is -1.39. The normalized spacial score (nSPS) is 12.2. The van der Waals surface area contributed by atoms with Gasteiger partial charge in [-0.1, -0.05) is 6.92 Å². The molecule has 0 bridgehead atoms. The van der Waals surface area contributed by atoms with Crippen molar-refractivity contribution in [1.82, 2.24) is 25.8 Å². The number of terminal acetylenes is 1. The first-order valence-corrected chi connectivity index (χ1v) is 23.4. The van der Waals surface area contributed by atoms with E-state index < -0.39 is 51.7 Å². The number of unbranched alkanes of at least 4 members (excludes halogenated alkanes) is 2. The summed E-state index contributed by atoms with van der Waals surface area (Å²) in [4.78, 5) is 50.0. The third kappa shape index (κ3) is 26.7. The van der Waals surface area contributed by atoms with E-state index in [1.807, 2.05) is 25.9 Å². The van der Waals surface area contributed by atoms with Crippen LogP contribution in [-0.4, -0.2) is 64.5 Å². The zero-order valence-corrected chi connectivity index (χ0v) is 32.2. The number of hydrogen-bond donors (Lipinski definition) is 6. The molecule has 1 aromatic heterocycles. The molecule has 20 heteroatoms. The van der Waals surface area contributed by atoms with Gasteiger partial charge in [0.1, 0.15) is 0 Å². The van der Waals surface area contributed by atoms with Gasteiger partial charge in [-0.25, -0.2) is 0 Å². The van der Waals surface area contributed by atoms with Crippen molar-refractivity contribution in [2.45, 2.75) is 96.7 Å². The topological polar surface area (TPSA) is 276 Å². The van der Waals surface area contributed by atoms with Crippen molar-refractivity contribution in [3.63, 3.8) is 0 Å². The first kappa shape index (κ1) is 42.6. The summed E-state index contributed by atoms with van der Waals surface area (Å²) in [6.07, 6.45) is 13.2. The molecule has 0 saturated carbocycles. The summed E-state index contributed by atoms with van der Waals surface area (Å²) in [6, 6.07) is -0.956. The Kier molecular flexibility index (Phi) is 31.1. The van der Waals surface area contributed by atoms with Crippen molar-refractivity contribution in [2.75, 3.05) is 19.6 Å². The van der Waals surface area contributed by atoms with Crippen molar-refractivity contribution < 1.29 is 61.6 Å². The minimum absolute atomic E-state index is 0.0332. The van der Waals surface area contributed by atoms with Gasteiger partial charge in [-0.2, -0.15) is 0 Å². The number of carbonyl (C=O) groups is 4. The Morgan fingerprint density at radius 2 is 1.57 bits per heavy atom. The van der Waals surface area contributed by atoms with Crippen molar-refractivity contribution in [3.05, 3.63) is 22.3 Å². The Morgan fingerprint density at radius 3 is 1.98 bits per heavy atom. The Labute approximate surface area is 300 Å². The molecule has 0 aromatic carbocycles. The predicted molar refractivity (Wildman–Crippen MR) is 175 cm³/mol. The molecule has 16 nitrogen and oxygen atoms in total. The molecule has 1 heterocycles. The number of aryl methyl sites for hydroxylation is 2. The molecule has 10 N–H and O–H groups in total. The van der Waals surface area contributed by atoms with Gasteiger partial charge in [0, 0.05) is 6.42 Å². The molecule has 46 heavy (non-hydrogen) atoms. The predicted octanol–water partition coefficient (Wildman–Crippen LogP) is -4.55. The average Bonchev–Trinajstić information content (AvgIpc) is 3.57. The number of azide groups is 1. The zero-order valence-electron chi connectivity index (χ0n) is 28.3. The molecule has 0 radical (unpaired) electrons. The second kappa shape index (κ2) is 33.5. The van der Waals surface area contributed by atoms with Gasteiger partial charge in [-0.05, 0) is 0 Å². The molecule has 264 valence electrons. The molecule has 0 aliphatic heterocycles. The maximum atomic E-state index is 12.1. The third-order valence-electron chi connectivity index (χ3n) is 5.37. The van der Waals surface area contributed by atoms with Gasteiger partial charge in [0.25, 0.3) is 0 Å². The van der Waals surface area contributed by atoms with Crippen LogP contribution in [0.15, 0.2) is 11.3 Å². The quantitative estimate of drug-likeness (QED) is 0.00621. The number of hydrogen-bond acceptors (Lipinski definition) is 15. The summed E-state index contributed by atoms with van der Waals surface area (Å²) < 4.78 is 15.6. The van der Waals surface area contributed by atoms with Gasteiger partial charge in [0.15, 0.2) is 0 Å². The van der Waals surface area contributed by atoms with Crippen LogP contribution in [0.3, 0.4) is 0 Å². The van der Waals surface area contributed by atoms with E-state index in [2.05, 4.69) is 42.9 Å². The maximum absolute atomic E-state index is 12.1. The summed E-state index contributed by atoms with van der Waals surface area (Å²) in [5.74, 6) is 6.50. The van der Waals surface area contributed by atoms with Crippen LogP contribution in [0.2, 0.25) is 2.82 Å². The fourth-order valence-corrected chi connectivity index (χ4v) is 10.3. The van der Waals surface area contributed by atoms with Gasteiger partial charge in [-0.15, -0.1) is 12.3 Å². The molecule has 0 aliphatic rings. The standard InChI is InChI=1S/C13H24IN6O2S.C9H18IN6O2S.C4H6/c1-2-10-9-20(19-18-10)8-6-12(21)14-23-13(22)11(17-16)5-3-4-7-15;11-5-2-1-3-7(15-12)9(18)19-10-8(17)4-6-14-16-13;1-3-4-2/h9,11,17H,2-8,15-16H2,1H3;7,15H,1-6,11-12H2;1H,4H2,2H3/q2*-1;/t11-;7-;/m00./s1/i/hD2. The number of hydrazine groups is 2. The number of nitrogens with zero attached hydrogens (tertiary/aromatic N) is 6. The number of nitrogens with two attached hydrogens (primary N) is 4. The van der Waals surface area contributed by atoms with Crippen molar-refractivity contribution in [1.29, 1.82) is 0 Å². The second-order valence-electron chi connectivity index (χ2n) is 8.96. The summed E-state index contributed by atoms with van der Waals surface area (Å²) in [5, 5.41) is 11.0. The second-order valence-corrected chi connectivity index (χ2v) is 18.1. The fourth-order valence-electron chi connectivity index (χ4n) is 2.83. The molecule has 0 amide bonds. The Balaban J connectivity index is 0. The Morgan fingerprint density at radius 1 is 1.04 bits per heavy atom. The van der Waals surface area contributed by atoms with Crippen LogP contribution in [0.5, 0.6) is 0 Å². The van der Waals surface area contributed by atoms with Crippen LogP contribution in [-0.2, 0) is 32.1 Å². The number of rotatable bonds is 25. The average molecular weight is 913 g/mol. The van der Waals surface area contributed by atoms with Crippen LogP contribution in [0, 0.1) is 12.3 Å². The first-order valence-electron chi connectivity index (χ1n) is 15.5. The molecule has 1 aromatic rings. The summed E-state index contributed by atoms with van der Waals surface area (Å²) in [6.45, 7) is 5.71. The first-order chi connectivity index (χ1) is 23.2. The molecular formula is C26H48I2N12O4S2-2. The van der Waals surface area contributed by atoms with E-state index in [0.29, 0.717) is 38.9 Å². The molecule has 1 rings (SSSR count). The van der Waals surface area contributed by atoms with E-state index in [9.17, 15) is 19.2 Å². The van der Waals surface area contributed by atoms with Crippen molar-refractivity contribution in [3.8, 4) is 12.3 Å². The van der Waals surface area contributed by atoms with Gasteiger partial charge in [0.05, 0.1) is 0 Å². The van der Waals surface area contributed by atoms with Crippen LogP contribution >= 0.6 is 17.9 Å². The van der Waals surface area contributed by atoms with Crippen LogP contribution in [0.4, 0.5) is 0 Å². The molecular weight excluding hydrogens is 862 g/mol. The van der Waals surface area contributed by atoms with E-state index >= 15 is 0 Å². The summed E-state index contributed by atoms with van der Waals surface area (Å²) in [7, 11) is 2.11. The molecule has 2 atom stereocenters. The molecule has 0 saturated heterocycles. The van der Waals surface area contributed by atoms with Crippen LogP contribution in [0.1, 0.15) is 77.3 Å². The summed E-state index contributed by atoms with van der Waals surface area (Å²) in [5.41, 5.74) is 25.0. The van der Waals surface area contributed by atoms with E-state index in [1.54, 1.807) is 4.68 Å². The van der Waals surface area contributed by atoms with Crippen molar-refractivity contribution >= 4 is 35.7 Å². The monoisotopic (exact) mass is 912 g/mol. The van der Waals surface area contributed by atoms with Crippen molar-refractivity contribution in [2.24, 2.45) is 28.3 Å². The number of carbonyl (C=O) groups excluding carboxylic acids is 4. The molecule has 0 spiro atoms. The zero-order chi connectivity index (χ0) is 36.4. The Bertz CT molecular complexity index is 1130. The number of halogens is 2. The molecule has 0 unspecified atom stereocenters. The van der Waals surface area contributed by atoms with Crippen LogP contribution < -0.4 is 73.6 Å². The third-order valence-corrected chi connectivity index (χ3v) is 14.7. The molecule has 0 aliphatic carbocycles. The SMILES string of the molecule is C#CCC.[2H]NN[C@@H](CCCCN)C(=O)S[I-]C(=O)CCN=[N+]=[N-].[2H]NN[C@@H](CCCCN)C(=O)S[I-]C(=O)CCn1cc(CC)nn1. The van der Waals surface area contributed by atoms with Gasteiger partial charge in [0.2, 0.25) is 0 Å². The van der Waals surface area contributed by atoms with Gasteiger partial charge in [-0.3, -0.25) is 0 Å². The van der Waals surface area contributed by atoms with E-state index in [-0.39, 0.29) is 30.8 Å². The van der Waals surface area contributed by atoms with Gasteiger partial charge < -0.3 is 0 Å². The fraction of sp³-hybridized carbons (Fsp3) is 0.692. The van der Waals surface area contributed by atoms with Crippen LogP contribution in [0.25, 0.3) is 10.4 Å². The van der Waals surface area contributed by atoms with E-state index in [1.165, 1.54) is 0 Å². The number of nitrogens with one attached hydrogen (secondary N) is 2. The number of aromatic nitrogens is 3. The summed E-state index contributed by atoms with van der Waals surface area (Å²) >= 11 is -1.89.